The summed E-state index contributed by atoms with van der Waals surface area (Å²) < 4.78 is 0. The minimum atomic E-state index is -0.0260. The van der Waals surface area contributed by atoms with Gasteiger partial charge in [-0.2, -0.15) is 0 Å². The number of rotatable bonds is 4. The Hall–Kier alpha value is -1.35. The van der Waals surface area contributed by atoms with Gasteiger partial charge in [-0.05, 0) is 36.5 Å². The Balaban J connectivity index is 1.84. The van der Waals surface area contributed by atoms with E-state index < -0.39 is 0 Å². The summed E-state index contributed by atoms with van der Waals surface area (Å²) >= 11 is 0. The predicted octanol–water partition coefficient (Wildman–Crippen LogP) is 3.31. The van der Waals surface area contributed by atoms with Crippen molar-refractivity contribution >= 4 is 11.6 Å². The quantitative estimate of drug-likeness (QED) is 0.872. The summed E-state index contributed by atoms with van der Waals surface area (Å²) in [6, 6.07) is 8.73. The molecule has 2 unspecified atom stereocenters. The molecule has 1 aromatic carbocycles. The molecule has 1 aromatic rings. The first-order valence-corrected chi connectivity index (χ1v) is 7.25. The molecule has 1 aliphatic rings. The van der Waals surface area contributed by atoms with E-state index in [1.807, 2.05) is 12.1 Å². The third kappa shape index (κ3) is 4.35. The third-order valence-electron chi connectivity index (χ3n) is 3.95. The predicted molar refractivity (Wildman–Crippen MR) is 79.0 cm³/mol. The van der Waals surface area contributed by atoms with E-state index in [9.17, 15) is 4.79 Å². The number of carbonyl (C=O) groups is 1. The molecule has 0 bridgehead atoms. The topological polar surface area (TPSA) is 41.1 Å². The minimum Gasteiger partial charge on any atom is -0.326 e. The SMILES string of the molecule is CC(=O)Nc1ccc(CNC2CCCCC2C)cc1. The van der Waals surface area contributed by atoms with Crippen LogP contribution in [0.2, 0.25) is 0 Å². The van der Waals surface area contributed by atoms with Crippen LogP contribution in [-0.4, -0.2) is 11.9 Å². The summed E-state index contributed by atoms with van der Waals surface area (Å²) in [5, 5.41) is 6.45. The average Bonchev–Trinajstić information content (AvgIpc) is 2.39. The zero-order valence-corrected chi connectivity index (χ0v) is 11.9. The summed E-state index contributed by atoms with van der Waals surface area (Å²) in [5.74, 6) is 0.759. The maximum absolute atomic E-state index is 10.9. The highest BCUT2D eigenvalue weighted by molar-refractivity contribution is 5.88. The first-order chi connectivity index (χ1) is 9.15. The molecule has 0 saturated heterocycles. The van der Waals surface area contributed by atoms with E-state index >= 15 is 0 Å². The highest BCUT2D eigenvalue weighted by Gasteiger charge is 2.20. The van der Waals surface area contributed by atoms with Gasteiger partial charge in [-0.25, -0.2) is 0 Å². The lowest BCUT2D eigenvalue weighted by Gasteiger charge is -2.29. The number of anilines is 1. The molecule has 1 fully saturated rings. The highest BCUT2D eigenvalue weighted by atomic mass is 16.1. The van der Waals surface area contributed by atoms with Crippen LogP contribution in [-0.2, 0) is 11.3 Å². The highest BCUT2D eigenvalue weighted by Crippen LogP contribution is 2.24. The fourth-order valence-electron chi connectivity index (χ4n) is 2.78. The number of benzene rings is 1. The maximum Gasteiger partial charge on any atom is 0.221 e. The molecule has 0 spiro atoms. The number of hydrogen-bond acceptors (Lipinski definition) is 2. The molecule has 1 amide bonds. The number of carbonyl (C=O) groups excluding carboxylic acids is 1. The number of nitrogens with one attached hydrogen (secondary N) is 2. The van der Waals surface area contributed by atoms with E-state index in [0.29, 0.717) is 6.04 Å². The van der Waals surface area contributed by atoms with Crippen molar-refractivity contribution in [2.24, 2.45) is 5.92 Å². The van der Waals surface area contributed by atoms with Crippen LogP contribution in [0.1, 0.15) is 45.1 Å². The van der Waals surface area contributed by atoms with Crippen molar-refractivity contribution < 1.29 is 4.79 Å². The first-order valence-electron chi connectivity index (χ1n) is 7.25. The Labute approximate surface area is 115 Å². The average molecular weight is 260 g/mol. The largest absolute Gasteiger partial charge is 0.326 e. The Morgan fingerprint density at radius 3 is 2.53 bits per heavy atom. The van der Waals surface area contributed by atoms with Gasteiger partial charge in [0.15, 0.2) is 0 Å². The second-order valence-corrected chi connectivity index (χ2v) is 5.63. The Morgan fingerprint density at radius 2 is 1.89 bits per heavy atom. The lowest BCUT2D eigenvalue weighted by Crippen LogP contribution is -2.36. The molecule has 0 heterocycles. The van der Waals surface area contributed by atoms with E-state index in [2.05, 4.69) is 29.7 Å². The summed E-state index contributed by atoms with van der Waals surface area (Å²) in [6.07, 6.45) is 5.37. The van der Waals surface area contributed by atoms with Gasteiger partial charge >= 0.3 is 0 Å². The molecule has 1 aliphatic carbocycles. The molecule has 0 aliphatic heterocycles. The van der Waals surface area contributed by atoms with Crippen molar-refractivity contribution in [3.8, 4) is 0 Å². The minimum absolute atomic E-state index is 0.0260. The fourth-order valence-corrected chi connectivity index (χ4v) is 2.78. The van der Waals surface area contributed by atoms with Gasteiger partial charge < -0.3 is 10.6 Å². The molecule has 0 aromatic heterocycles. The van der Waals surface area contributed by atoms with Crippen LogP contribution in [0.15, 0.2) is 24.3 Å². The molecule has 19 heavy (non-hydrogen) atoms. The second-order valence-electron chi connectivity index (χ2n) is 5.63. The number of hydrogen-bond donors (Lipinski definition) is 2. The van der Waals surface area contributed by atoms with E-state index in [0.717, 1.165) is 18.2 Å². The molecular formula is C16H24N2O. The second kappa shape index (κ2) is 6.71. The van der Waals surface area contributed by atoms with Crippen LogP contribution in [0.4, 0.5) is 5.69 Å². The van der Waals surface area contributed by atoms with Gasteiger partial charge in [0.25, 0.3) is 0 Å². The molecule has 0 radical (unpaired) electrons. The van der Waals surface area contributed by atoms with Gasteiger partial charge in [0, 0.05) is 25.2 Å². The van der Waals surface area contributed by atoms with Crippen molar-refractivity contribution in [2.45, 2.75) is 52.1 Å². The van der Waals surface area contributed by atoms with Gasteiger partial charge in [-0.1, -0.05) is 31.9 Å². The van der Waals surface area contributed by atoms with Crippen LogP contribution >= 0.6 is 0 Å². The molecule has 1 saturated carbocycles. The van der Waals surface area contributed by atoms with Crippen molar-refractivity contribution in [3.63, 3.8) is 0 Å². The lowest BCUT2D eigenvalue weighted by molar-refractivity contribution is -0.114. The molecular weight excluding hydrogens is 236 g/mol. The van der Waals surface area contributed by atoms with Crippen LogP contribution in [0.3, 0.4) is 0 Å². The molecule has 104 valence electrons. The van der Waals surface area contributed by atoms with Crippen molar-refractivity contribution in [2.75, 3.05) is 5.32 Å². The van der Waals surface area contributed by atoms with Crippen molar-refractivity contribution in [1.82, 2.24) is 5.32 Å². The smallest absolute Gasteiger partial charge is 0.221 e. The molecule has 2 rings (SSSR count). The number of amides is 1. The van der Waals surface area contributed by atoms with Gasteiger partial charge in [-0.15, -0.1) is 0 Å². The van der Waals surface area contributed by atoms with Crippen LogP contribution in [0.5, 0.6) is 0 Å². The fraction of sp³-hybridized carbons (Fsp3) is 0.562. The third-order valence-corrected chi connectivity index (χ3v) is 3.95. The van der Waals surface area contributed by atoms with Crippen LogP contribution < -0.4 is 10.6 Å². The monoisotopic (exact) mass is 260 g/mol. The normalized spacial score (nSPS) is 23.1. The molecule has 3 nitrogen and oxygen atoms in total. The van der Waals surface area contributed by atoms with E-state index in [1.54, 1.807) is 0 Å². The maximum atomic E-state index is 10.9. The summed E-state index contributed by atoms with van der Waals surface area (Å²) in [5.41, 5.74) is 2.13. The Bertz CT molecular complexity index is 413. The standard InChI is InChI=1S/C16H24N2O/c1-12-5-3-4-6-16(12)17-11-14-7-9-15(10-8-14)18-13(2)19/h7-10,12,16-17H,3-6,11H2,1-2H3,(H,18,19). The van der Waals surface area contributed by atoms with Crippen LogP contribution in [0.25, 0.3) is 0 Å². The van der Waals surface area contributed by atoms with Gasteiger partial charge in [0.1, 0.15) is 0 Å². The van der Waals surface area contributed by atoms with Gasteiger partial charge in [0.05, 0.1) is 0 Å². The van der Waals surface area contributed by atoms with E-state index in [-0.39, 0.29) is 5.91 Å². The zero-order valence-electron chi connectivity index (χ0n) is 11.9. The van der Waals surface area contributed by atoms with Crippen molar-refractivity contribution in [1.29, 1.82) is 0 Å². The Morgan fingerprint density at radius 1 is 1.21 bits per heavy atom. The first kappa shape index (κ1) is 14.1. The van der Waals surface area contributed by atoms with Gasteiger partial charge in [-0.3, -0.25) is 4.79 Å². The molecule has 3 heteroatoms. The summed E-state index contributed by atoms with van der Waals surface area (Å²) in [4.78, 5) is 10.9. The van der Waals surface area contributed by atoms with Crippen molar-refractivity contribution in [3.05, 3.63) is 29.8 Å². The van der Waals surface area contributed by atoms with E-state index in [4.69, 9.17) is 0 Å². The lowest BCUT2D eigenvalue weighted by atomic mass is 9.86. The summed E-state index contributed by atoms with van der Waals surface area (Å²) in [6.45, 7) is 4.78. The summed E-state index contributed by atoms with van der Waals surface area (Å²) in [7, 11) is 0. The molecule has 2 N–H and O–H groups in total. The van der Waals surface area contributed by atoms with Gasteiger partial charge in [0.2, 0.25) is 5.91 Å². The zero-order chi connectivity index (χ0) is 13.7. The van der Waals surface area contributed by atoms with Crippen LogP contribution in [0, 0.1) is 5.92 Å². The van der Waals surface area contributed by atoms with E-state index in [1.165, 1.54) is 38.2 Å². The Kier molecular flexibility index (Phi) is 4.97. The molecule has 2 atom stereocenters.